The number of benzene rings is 2. The predicted octanol–water partition coefficient (Wildman–Crippen LogP) is 6.49. The quantitative estimate of drug-likeness (QED) is 0.206. The molecule has 4 aromatic rings. The molecule has 0 N–H and O–H groups in total. The Balaban J connectivity index is 1.50. The van der Waals surface area contributed by atoms with Crippen molar-refractivity contribution in [3.05, 3.63) is 114 Å². The first kappa shape index (κ1) is 30.4. The van der Waals surface area contributed by atoms with Gasteiger partial charge in [0.15, 0.2) is 5.78 Å². The molecule has 0 aliphatic carbocycles. The lowest BCUT2D eigenvalue weighted by Gasteiger charge is -2.35. The molecule has 0 saturated carbocycles. The molecule has 226 valence electrons. The summed E-state index contributed by atoms with van der Waals surface area (Å²) < 4.78 is 47.4. The van der Waals surface area contributed by atoms with Gasteiger partial charge in [0.25, 0.3) is 0 Å². The molecular formula is C33H29F3N4O4. The standard InChI is InChI=1S/C33H29F3N4O4/c1-3-43-25-12-8-24(9-13-25)30-31(39-28-14-16-38-19-27(28)32(30)42)21(2)40(20-23-5-4-15-37-18-23)29(41)17-22-6-10-26(11-7-22)44-33(34,35)36/h4-16,18-19,21,30H,3,17,20H2,1-2H3/t21-,30?/m1/s1. The van der Waals surface area contributed by atoms with E-state index < -0.39 is 18.3 Å². The number of amides is 1. The van der Waals surface area contributed by atoms with E-state index >= 15 is 0 Å². The van der Waals surface area contributed by atoms with Gasteiger partial charge in [-0.25, -0.2) is 0 Å². The fraction of sp³-hybridized carbons (Fsp3) is 0.242. The normalized spacial score (nSPS) is 15.2. The first-order valence-corrected chi connectivity index (χ1v) is 14.0. The van der Waals surface area contributed by atoms with Crippen LogP contribution in [0.15, 0.2) is 96.5 Å². The van der Waals surface area contributed by atoms with Crippen LogP contribution in [-0.2, 0) is 17.8 Å². The predicted molar refractivity (Wildman–Crippen MR) is 157 cm³/mol. The Hall–Kier alpha value is -5.06. The molecule has 2 atom stereocenters. The lowest BCUT2D eigenvalue weighted by molar-refractivity contribution is -0.274. The summed E-state index contributed by atoms with van der Waals surface area (Å²) in [5.74, 6) is -1.01. The molecule has 2 aromatic carbocycles. The maximum atomic E-state index is 14.0. The number of fused-ring (bicyclic) bond motifs is 1. The van der Waals surface area contributed by atoms with E-state index in [-0.39, 0.29) is 30.4 Å². The first-order chi connectivity index (χ1) is 21.1. The van der Waals surface area contributed by atoms with Crippen molar-refractivity contribution in [2.45, 2.75) is 45.1 Å². The van der Waals surface area contributed by atoms with Gasteiger partial charge < -0.3 is 14.4 Å². The average molecular weight is 603 g/mol. The Kier molecular flexibility index (Phi) is 9.03. The van der Waals surface area contributed by atoms with Crippen molar-refractivity contribution in [2.75, 3.05) is 6.61 Å². The molecule has 0 radical (unpaired) electrons. The Morgan fingerprint density at radius 1 is 0.932 bits per heavy atom. The first-order valence-electron chi connectivity index (χ1n) is 14.0. The molecule has 2 aromatic heterocycles. The van der Waals surface area contributed by atoms with Gasteiger partial charge in [-0.3, -0.25) is 24.5 Å². The maximum absolute atomic E-state index is 14.0. The minimum atomic E-state index is -4.82. The molecule has 1 amide bonds. The second-order valence-corrected chi connectivity index (χ2v) is 10.2. The highest BCUT2D eigenvalue weighted by atomic mass is 19.4. The van der Waals surface area contributed by atoms with Crippen molar-refractivity contribution in [3.63, 3.8) is 0 Å². The number of hydrogen-bond donors (Lipinski definition) is 0. The molecular weight excluding hydrogens is 573 g/mol. The lowest BCUT2D eigenvalue weighted by atomic mass is 9.81. The number of ketones is 1. The SMILES string of the molecule is CCOc1ccc(C2C(=O)c3cnccc3N=C2[C@@H](C)N(Cc2cccnc2)C(=O)Cc2ccc(OC(F)(F)F)cc2)cc1. The molecule has 3 heterocycles. The number of nitrogens with zero attached hydrogens (tertiary/aromatic N) is 4. The molecule has 1 aliphatic rings. The van der Waals surface area contributed by atoms with Crippen molar-refractivity contribution in [3.8, 4) is 11.5 Å². The molecule has 8 nitrogen and oxygen atoms in total. The van der Waals surface area contributed by atoms with E-state index in [0.29, 0.717) is 40.4 Å². The van der Waals surface area contributed by atoms with Gasteiger partial charge in [-0.1, -0.05) is 30.3 Å². The number of Topliss-reactive ketones (excluding diaryl/α,β-unsaturated/α-hetero) is 1. The average Bonchev–Trinajstić information content (AvgIpc) is 3.01. The van der Waals surface area contributed by atoms with Gasteiger partial charge in [0.05, 0.1) is 41.9 Å². The summed E-state index contributed by atoms with van der Waals surface area (Å²) in [4.78, 5) is 42.7. The van der Waals surface area contributed by atoms with Crippen LogP contribution in [0.1, 0.15) is 46.8 Å². The van der Waals surface area contributed by atoms with Crippen molar-refractivity contribution >= 4 is 23.1 Å². The zero-order chi connectivity index (χ0) is 31.3. The summed E-state index contributed by atoms with van der Waals surface area (Å²) >= 11 is 0. The third kappa shape index (κ3) is 7.11. The van der Waals surface area contributed by atoms with E-state index in [1.54, 1.807) is 47.8 Å². The van der Waals surface area contributed by atoms with Crippen LogP contribution in [0, 0.1) is 0 Å². The van der Waals surface area contributed by atoms with Crippen LogP contribution in [0.3, 0.4) is 0 Å². The second-order valence-electron chi connectivity index (χ2n) is 10.2. The van der Waals surface area contributed by atoms with E-state index in [0.717, 1.165) is 5.56 Å². The molecule has 0 spiro atoms. The Morgan fingerprint density at radius 3 is 2.30 bits per heavy atom. The number of aromatic nitrogens is 2. The summed E-state index contributed by atoms with van der Waals surface area (Å²) in [6.07, 6.45) is 1.40. The minimum absolute atomic E-state index is 0.105. The zero-order valence-corrected chi connectivity index (χ0v) is 24.0. The van der Waals surface area contributed by atoms with Crippen molar-refractivity contribution in [1.82, 2.24) is 14.9 Å². The summed E-state index contributed by atoms with van der Waals surface area (Å²) in [5.41, 5.74) is 3.26. The van der Waals surface area contributed by atoms with Gasteiger partial charge in [0.2, 0.25) is 5.91 Å². The van der Waals surface area contributed by atoms with E-state index in [1.807, 2.05) is 32.0 Å². The fourth-order valence-electron chi connectivity index (χ4n) is 5.12. The van der Waals surface area contributed by atoms with Crippen LogP contribution in [0.4, 0.5) is 18.9 Å². The van der Waals surface area contributed by atoms with Crippen molar-refractivity contribution < 1.29 is 32.2 Å². The van der Waals surface area contributed by atoms with Crippen LogP contribution >= 0.6 is 0 Å². The summed E-state index contributed by atoms with van der Waals surface area (Å²) in [7, 11) is 0. The number of pyridine rings is 2. The van der Waals surface area contributed by atoms with E-state index in [2.05, 4.69) is 14.7 Å². The molecule has 44 heavy (non-hydrogen) atoms. The Bertz CT molecular complexity index is 1640. The van der Waals surface area contributed by atoms with Crippen molar-refractivity contribution in [1.29, 1.82) is 0 Å². The molecule has 11 heteroatoms. The van der Waals surface area contributed by atoms with Crippen LogP contribution in [0.25, 0.3) is 0 Å². The van der Waals surface area contributed by atoms with E-state index in [1.165, 1.54) is 30.5 Å². The smallest absolute Gasteiger partial charge is 0.494 e. The number of aliphatic imine (C=N–C) groups is 1. The molecule has 0 bridgehead atoms. The molecule has 1 aliphatic heterocycles. The zero-order valence-electron chi connectivity index (χ0n) is 24.0. The highest BCUT2D eigenvalue weighted by molar-refractivity contribution is 6.23. The van der Waals surface area contributed by atoms with Gasteiger partial charge in [0.1, 0.15) is 11.5 Å². The van der Waals surface area contributed by atoms with Gasteiger partial charge >= 0.3 is 6.36 Å². The fourth-order valence-corrected chi connectivity index (χ4v) is 5.12. The summed E-state index contributed by atoms with van der Waals surface area (Å²) in [5, 5.41) is 0. The van der Waals surface area contributed by atoms with Gasteiger partial charge in [-0.15, -0.1) is 13.2 Å². The lowest BCUT2D eigenvalue weighted by Crippen LogP contribution is -2.47. The molecule has 5 rings (SSSR count). The largest absolute Gasteiger partial charge is 0.573 e. The molecule has 0 saturated heterocycles. The number of hydrogen-bond acceptors (Lipinski definition) is 7. The summed E-state index contributed by atoms with van der Waals surface area (Å²) in [6.45, 7) is 4.35. The highest BCUT2D eigenvalue weighted by Crippen LogP contribution is 2.36. The second kappa shape index (κ2) is 13.1. The maximum Gasteiger partial charge on any atom is 0.573 e. The van der Waals surface area contributed by atoms with Crippen LogP contribution in [0.2, 0.25) is 0 Å². The molecule has 0 fully saturated rings. The number of carbonyl (C=O) groups excluding carboxylic acids is 2. The Morgan fingerprint density at radius 2 is 1.64 bits per heavy atom. The summed E-state index contributed by atoms with van der Waals surface area (Å²) in [6, 6.07) is 17.0. The van der Waals surface area contributed by atoms with Crippen LogP contribution in [0.5, 0.6) is 11.5 Å². The number of halogens is 3. The number of rotatable bonds is 10. The third-order valence-electron chi connectivity index (χ3n) is 7.20. The van der Waals surface area contributed by atoms with Crippen molar-refractivity contribution in [2.24, 2.45) is 4.99 Å². The van der Waals surface area contributed by atoms with Gasteiger partial charge in [0, 0.05) is 31.3 Å². The van der Waals surface area contributed by atoms with Gasteiger partial charge in [-0.05, 0) is 66.9 Å². The Labute approximate surface area is 252 Å². The third-order valence-corrected chi connectivity index (χ3v) is 7.20. The number of carbonyl (C=O) groups is 2. The van der Waals surface area contributed by atoms with E-state index in [9.17, 15) is 22.8 Å². The number of ether oxygens (including phenoxy) is 2. The minimum Gasteiger partial charge on any atom is -0.494 e. The molecule has 1 unspecified atom stereocenters. The van der Waals surface area contributed by atoms with E-state index in [4.69, 9.17) is 9.73 Å². The topological polar surface area (TPSA) is 94.0 Å². The number of alkyl halides is 3. The monoisotopic (exact) mass is 602 g/mol. The highest BCUT2D eigenvalue weighted by Gasteiger charge is 2.38. The van der Waals surface area contributed by atoms with Crippen LogP contribution < -0.4 is 9.47 Å². The van der Waals surface area contributed by atoms with Crippen LogP contribution in [-0.4, -0.2) is 51.3 Å². The van der Waals surface area contributed by atoms with Gasteiger partial charge in [-0.2, -0.15) is 0 Å².